The first kappa shape index (κ1) is 19.2. The number of likely N-dealkylation sites (tertiary alicyclic amines) is 1. The van der Waals surface area contributed by atoms with E-state index in [2.05, 4.69) is 36.3 Å². The predicted octanol–water partition coefficient (Wildman–Crippen LogP) is 2.09. The highest BCUT2D eigenvalue weighted by Gasteiger charge is 2.22. The molecule has 1 rings (SSSR count). The van der Waals surface area contributed by atoms with Crippen LogP contribution >= 0.6 is 0 Å². The minimum atomic E-state index is 0.538. The molecule has 1 unspecified atom stereocenters. The first-order valence-electron chi connectivity index (χ1n) is 8.94. The van der Waals surface area contributed by atoms with Gasteiger partial charge in [-0.3, -0.25) is 9.89 Å². The third-order valence-corrected chi connectivity index (χ3v) is 4.26. The van der Waals surface area contributed by atoms with Crippen LogP contribution in [0.3, 0.4) is 0 Å². The zero-order valence-electron chi connectivity index (χ0n) is 15.0. The Morgan fingerprint density at radius 3 is 2.36 bits per heavy atom. The average molecular weight is 313 g/mol. The summed E-state index contributed by atoms with van der Waals surface area (Å²) in [6.45, 7) is 12.4. The van der Waals surface area contributed by atoms with E-state index in [0.717, 1.165) is 25.6 Å². The molecule has 1 heterocycles. The molecule has 5 nitrogen and oxygen atoms in total. The number of hydrogen-bond donors (Lipinski definition) is 2. The van der Waals surface area contributed by atoms with Gasteiger partial charge in [-0.05, 0) is 38.8 Å². The largest absolute Gasteiger partial charge is 0.383 e. The quantitative estimate of drug-likeness (QED) is 0.409. The van der Waals surface area contributed by atoms with Gasteiger partial charge in [0.1, 0.15) is 0 Å². The normalized spacial score (nSPS) is 19.0. The van der Waals surface area contributed by atoms with E-state index in [1.807, 2.05) is 0 Å². The van der Waals surface area contributed by atoms with Crippen LogP contribution in [-0.4, -0.2) is 63.3 Å². The standard InChI is InChI=1S/C17H36N4O/c1-5-18-17(19-10-13-22-4)20-14-16(15(2)3)21-11-8-6-7-9-12-21/h15-16H,5-14H2,1-4H3,(H2,18,19,20). The minimum Gasteiger partial charge on any atom is -0.383 e. The Morgan fingerprint density at radius 1 is 1.14 bits per heavy atom. The van der Waals surface area contributed by atoms with Gasteiger partial charge in [0.05, 0.1) is 13.2 Å². The van der Waals surface area contributed by atoms with E-state index in [4.69, 9.17) is 9.73 Å². The van der Waals surface area contributed by atoms with Gasteiger partial charge in [0.25, 0.3) is 0 Å². The van der Waals surface area contributed by atoms with E-state index in [-0.39, 0.29) is 0 Å². The third-order valence-electron chi connectivity index (χ3n) is 4.26. The van der Waals surface area contributed by atoms with Gasteiger partial charge in [0, 0.05) is 26.2 Å². The second-order valence-electron chi connectivity index (χ2n) is 6.40. The summed E-state index contributed by atoms with van der Waals surface area (Å²) in [6.07, 6.45) is 5.43. The molecule has 0 radical (unpaired) electrons. The summed E-state index contributed by atoms with van der Waals surface area (Å²) in [5.74, 6) is 1.53. The first-order valence-corrected chi connectivity index (χ1v) is 8.94. The molecule has 5 heteroatoms. The van der Waals surface area contributed by atoms with Crippen LogP contribution in [-0.2, 0) is 4.74 Å². The van der Waals surface area contributed by atoms with E-state index >= 15 is 0 Å². The molecule has 0 spiro atoms. The number of nitrogens with one attached hydrogen (secondary N) is 2. The third kappa shape index (κ3) is 7.45. The zero-order chi connectivity index (χ0) is 16.2. The second kappa shape index (κ2) is 11.7. The van der Waals surface area contributed by atoms with Crippen LogP contribution in [0.2, 0.25) is 0 Å². The summed E-state index contributed by atoms with van der Waals surface area (Å²) >= 11 is 0. The molecule has 0 aromatic carbocycles. The maximum Gasteiger partial charge on any atom is 0.191 e. The molecule has 1 aliphatic heterocycles. The van der Waals surface area contributed by atoms with E-state index in [1.165, 1.54) is 38.8 Å². The molecule has 0 aromatic heterocycles. The number of hydrogen-bond acceptors (Lipinski definition) is 3. The number of guanidine groups is 1. The molecule has 0 saturated carbocycles. The van der Waals surface area contributed by atoms with Gasteiger partial charge in [-0.15, -0.1) is 0 Å². The molecule has 0 aliphatic carbocycles. The topological polar surface area (TPSA) is 48.9 Å². The van der Waals surface area contributed by atoms with Crippen molar-refractivity contribution in [3.8, 4) is 0 Å². The Morgan fingerprint density at radius 2 is 1.82 bits per heavy atom. The molecule has 22 heavy (non-hydrogen) atoms. The van der Waals surface area contributed by atoms with Crippen molar-refractivity contribution in [1.82, 2.24) is 15.5 Å². The summed E-state index contributed by atoms with van der Waals surface area (Å²) < 4.78 is 5.09. The molecular weight excluding hydrogens is 276 g/mol. The first-order chi connectivity index (χ1) is 10.7. The maximum atomic E-state index is 5.09. The van der Waals surface area contributed by atoms with Gasteiger partial charge in [-0.2, -0.15) is 0 Å². The van der Waals surface area contributed by atoms with Gasteiger partial charge in [0.15, 0.2) is 5.96 Å². The van der Waals surface area contributed by atoms with Crippen LogP contribution in [0.4, 0.5) is 0 Å². The fourth-order valence-corrected chi connectivity index (χ4v) is 2.97. The number of nitrogens with zero attached hydrogens (tertiary/aromatic N) is 2. The lowest BCUT2D eigenvalue weighted by Gasteiger charge is -2.32. The summed E-state index contributed by atoms with van der Waals surface area (Å²) in [6, 6.07) is 0.538. The predicted molar refractivity (Wildman–Crippen MR) is 94.5 cm³/mol. The van der Waals surface area contributed by atoms with Crippen molar-refractivity contribution in [3.05, 3.63) is 0 Å². The van der Waals surface area contributed by atoms with Crippen molar-refractivity contribution >= 4 is 5.96 Å². The van der Waals surface area contributed by atoms with E-state index in [0.29, 0.717) is 18.6 Å². The van der Waals surface area contributed by atoms with E-state index in [9.17, 15) is 0 Å². The fraction of sp³-hybridized carbons (Fsp3) is 0.941. The monoisotopic (exact) mass is 312 g/mol. The zero-order valence-corrected chi connectivity index (χ0v) is 15.0. The fourth-order valence-electron chi connectivity index (χ4n) is 2.97. The maximum absolute atomic E-state index is 5.09. The van der Waals surface area contributed by atoms with E-state index < -0.39 is 0 Å². The van der Waals surface area contributed by atoms with Crippen LogP contribution in [0.1, 0.15) is 46.5 Å². The lowest BCUT2D eigenvalue weighted by Crippen LogP contribution is -2.44. The number of rotatable bonds is 8. The summed E-state index contributed by atoms with van der Waals surface area (Å²) in [7, 11) is 1.72. The van der Waals surface area contributed by atoms with Gasteiger partial charge in [-0.1, -0.05) is 26.7 Å². The van der Waals surface area contributed by atoms with Crippen molar-refractivity contribution in [3.63, 3.8) is 0 Å². The molecule has 0 bridgehead atoms. The van der Waals surface area contributed by atoms with Gasteiger partial charge in [0.2, 0.25) is 0 Å². The molecule has 2 N–H and O–H groups in total. The van der Waals surface area contributed by atoms with Crippen molar-refractivity contribution < 1.29 is 4.74 Å². The Balaban J connectivity index is 2.59. The number of methoxy groups -OCH3 is 1. The van der Waals surface area contributed by atoms with Gasteiger partial charge >= 0.3 is 0 Å². The number of ether oxygens (including phenoxy) is 1. The van der Waals surface area contributed by atoms with Crippen LogP contribution < -0.4 is 10.6 Å². The highest BCUT2D eigenvalue weighted by atomic mass is 16.5. The highest BCUT2D eigenvalue weighted by molar-refractivity contribution is 5.79. The highest BCUT2D eigenvalue weighted by Crippen LogP contribution is 2.17. The molecule has 1 saturated heterocycles. The summed E-state index contributed by atoms with van der Waals surface area (Å²) in [5.41, 5.74) is 0. The van der Waals surface area contributed by atoms with Crippen LogP contribution in [0.15, 0.2) is 4.99 Å². The molecule has 1 fully saturated rings. The second-order valence-corrected chi connectivity index (χ2v) is 6.40. The van der Waals surface area contributed by atoms with Crippen LogP contribution in [0.5, 0.6) is 0 Å². The van der Waals surface area contributed by atoms with Gasteiger partial charge < -0.3 is 15.4 Å². The molecule has 0 amide bonds. The molecular formula is C17H36N4O. The summed E-state index contributed by atoms with van der Waals surface area (Å²) in [4.78, 5) is 7.46. The SMILES string of the molecule is CCNC(=NCC(C(C)C)N1CCCCCC1)NCCOC. The average Bonchev–Trinajstić information content (AvgIpc) is 2.76. The lowest BCUT2D eigenvalue weighted by molar-refractivity contribution is 0.166. The Kier molecular flexibility index (Phi) is 10.2. The Labute approximate surface area is 136 Å². The molecule has 1 aliphatic rings. The molecule has 0 aromatic rings. The van der Waals surface area contributed by atoms with Crippen molar-refractivity contribution in [2.75, 3.05) is 46.4 Å². The molecule has 130 valence electrons. The summed E-state index contributed by atoms with van der Waals surface area (Å²) in [5, 5.41) is 6.64. The minimum absolute atomic E-state index is 0.538. The van der Waals surface area contributed by atoms with Crippen molar-refractivity contribution in [1.29, 1.82) is 0 Å². The number of aliphatic imine (C=N–C) groups is 1. The smallest absolute Gasteiger partial charge is 0.191 e. The van der Waals surface area contributed by atoms with Crippen molar-refractivity contribution in [2.45, 2.75) is 52.5 Å². The molecule has 1 atom stereocenters. The lowest BCUT2D eigenvalue weighted by atomic mass is 10.0. The van der Waals surface area contributed by atoms with Crippen molar-refractivity contribution in [2.24, 2.45) is 10.9 Å². The van der Waals surface area contributed by atoms with Gasteiger partial charge in [-0.25, -0.2) is 0 Å². The Hall–Kier alpha value is -0.810. The van der Waals surface area contributed by atoms with E-state index in [1.54, 1.807) is 7.11 Å². The van der Waals surface area contributed by atoms with Crippen LogP contribution in [0, 0.1) is 5.92 Å². The van der Waals surface area contributed by atoms with Crippen LogP contribution in [0.25, 0.3) is 0 Å². The Bertz CT molecular complexity index is 299.